The van der Waals surface area contributed by atoms with Crippen molar-refractivity contribution in [3.8, 4) is 0 Å². The average molecular weight is 1560 g/mol. The minimum absolute atomic E-state index is 0.0517. The number of hydrogen-bond acceptors (Lipinski definition) is 14. The van der Waals surface area contributed by atoms with Crippen molar-refractivity contribution in [3.63, 3.8) is 0 Å². The third-order valence-electron chi connectivity index (χ3n) is 16.8. The summed E-state index contributed by atoms with van der Waals surface area (Å²) in [5, 5.41) is 20.7. The SMILES string of the molecule is CC/C=C\C/C=C\C/C=C\C/C=C\C/C=C\C/C=C\CCCCCCC(=O)OCC(COP(=O)(O)OCC(O)COP(=O)(O)OCC(O)COC(=O)CCCCCCCCCCCCCCCCC/C=C\C/C=C\C/C=C\C/C=C\C/C=C\CC)OC(=O)CCCCC/C=C\C/C=C\C/C=C\C/C=C\C/C=C\CC. The molecule has 0 aliphatic rings. The van der Waals surface area contributed by atoms with Crippen molar-refractivity contribution in [1.29, 1.82) is 0 Å². The van der Waals surface area contributed by atoms with Crippen molar-refractivity contribution in [2.75, 3.05) is 39.6 Å². The summed E-state index contributed by atoms with van der Waals surface area (Å²) in [6.07, 6.45) is 108. The number of rotatable bonds is 77. The van der Waals surface area contributed by atoms with Gasteiger partial charge in [-0.2, -0.15) is 0 Å². The number of phosphoric acid groups is 2. The minimum atomic E-state index is -4.96. The van der Waals surface area contributed by atoms with Gasteiger partial charge in [0, 0.05) is 19.3 Å². The highest BCUT2D eigenvalue weighted by molar-refractivity contribution is 7.47. The lowest BCUT2D eigenvalue weighted by Crippen LogP contribution is -2.30. The number of unbranched alkanes of at least 4 members (excludes halogenated alkanes) is 22. The highest BCUT2D eigenvalue weighted by atomic mass is 31.2. The fourth-order valence-corrected chi connectivity index (χ4v) is 12.2. The second kappa shape index (κ2) is 81.9. The predicted molar refractivity (Wildman–Crippen MR) is 454 cm³/mol. The molecule has 0 saturated carbocycles. The number of allylic oxidation sites excluding steroid dienone is 32. The van der Waals surface area contributed by atoms with Gasteiger partial charge in [0.2, 0.25) is 0 Å². The van der Waals surface area contributed by atoms with Crippen molar-refractivity contribution < 1.29 is 75.8 Å². The van der Waals surface area contributed by atoms with Gasteiger partial charge in [-0.3, -0.25) is 32.5 Å². The number of phosphoric ester groups is 2. The Labute approximate surface area is 661 Å². The number of aliphatic hydroxyl groups is 2. The first-order chi connectivity index (χ1) is 53.2. The van der Waals surface area contributed by atoms with E-state index in [0.29, 0.717) is 19.3 Å². The molecular weight excluding hydrogens is 1410 g/mol. The van der Waals surface area contributed by atoms with E-state index in [2.05, 4.69) is 215 Å². The number of esters is 3. The molecule has 0 fully saturated rings. The molecule has 4 N–H and O–H groups in total. The smallest absolute Gasteiger partial charge is 0.463 e. The minimum Gasteiger partial charge on any atom is -0.463 e. The molecule has 0 bridgehead atoms. The number of carbonyl (C=O) groups excluding carboxylic acids is 3. The Balaban J connectivity index is 4.63. The van der Waals surface area contributed by atoms with Crippen molar-refractivity contribution in [3.05, 3.63) is 194 Å². The van der Waals surface area contributed by atoms with Crippen LogP contribution in [0.25, 0.3) is 0 Å². The molecule has 0 saturated heterocycles. The van der Waals surface area contributed by atoms with Crippen LogP contribution in [0.5, 0.6) is 0 Å². The Kier molecular flexibility index (Phi) is 77.7. The number of carbonyl (C=O) groups is 3. The lowest BCUT2D eigenvalue weighted by Gasteiger charge is -2.21. The summed E-state index contributed by atoms with van der Waals surface area (Å²) in [6.45, 7) is 2.26. The largest absolute Gasteiger partial charge is 0.472 e. The number of hydrogen-bond donors (Lipinski definition) is 4. The van der Waals surface area contributed by atoms with Gasteiger partial charge in [-0.25, -0.2) is 9.13 Å². The van der Waals surface area contributed by atoms with Crippen LogP contribution in [0.15, 0.2) is 194 Å². The predicted octanol–water partition coefficient (Wildman–Crippen LogP) is 25.1. The first kappa shape index (κ1) is 103. The highest BCUT2D eigenvalue weighted by Gasteiger charge is 2.29. The average Bonchev–Trinajstić information content (AvgIpc) is 0.900. The molecule has 0 aromatic carbocycles. The van der Waals surface area contributed by atoms with Gasteiger partial charge in [0.25, 0.3) is 0 Å². The van der Waals surface area contributed by atoms with Crippen molar-refractivity contribution in [2.24, 2.45) is 0 Å². The molecule has 0 aromatic heterocycles. The van der Waals surface area contributed by atoms with Crippen LogP contribution in [0, 0.1) is 0 Å². The van der Waals surface area contributed by atoms with Crippen molar-refractivity contribution in [1.82, 2.24) is 0 Å². The van der Waals surface area contributed by atoms with Crippen LogP contribution < -0.4 is 0 Å². The molecule has 0 aromatic rings. The van der Waals surface area contributed by atoms with E-state index in [0.717, 1.165) is 167 Å². The molecule has 18 heteroatoms. The quantitative estimate of drug-likeness (QED) is 0.0146. The molecule has 0 radical (unpaired) electrons. The molecule has 0 aliphatic carbocycles. The second-order valence-corrected chi connectivity index (χ2v) is 30.0. The Morgan fingerprint density at radius 1 is 0.257 bits per heavy atom. The van der Waals surface area contributed by atoms with Gasteiger partial charge in [-0.1, -0.05) is 318 Å². The summed E-state index contributed by atoms with van der Waals surface area (Å²) >= 11 is 0. The fourth-order valence-electron chi connectivity index (χ4n) is 10.6. The van der Waals surface area contributed by atoms with Crippen molar-refractivity contribution >= 4 is 33.6 Å². The van der Waals surface area contributed by atoms with E-state index < -0.39 is 91.5 Å². The van der Waals surface area contributed by atoms with Crippen LogP contribution in [-0.2, 0) is 55.8 Å². The first-order valence-corrected chi connectivity index (χ1v) is 44.7. The van der Waals surface area contributed by atoms with Crippen LogP contribution >= 0.6 is 15.6 Å². The van der Waals surface area contributed by atoms with Gasteiger partial charge in [-0.05, 0) is 161 Å². The summed E-state index contributed by atoms with van der Waals surface area (Å²) in [5.41, 5.74) is 0. The summed E-state index contributed by atoms with van der Waals surface area (Å²) in [7, 11) is -9.83. The van der Waals surface area contributed by atoms with E-state index >= 15 is 0 Å². The van der Waals surface area contributed by atoms with E-state index in [1.807, 2.05) is 0 Å². The summed E-state index contributed by atoms with van der Waals surface area (Å²) in [5.74, 6) is -1.65. The molecule has 5 unspecified atom stereocenters. The van der Waals surface area contributed by atoms with Crippen LogP contribution in [-0.4, -0.2) is 95.9 Å². The third kappa shape index (κ3) is 83.2. The Bertz CT molecular complexity index is 2760. The van der Waals surface area contributed by atoms with Gasteiger partial charge in [0.05, 0.1) is 26.4 Å². The van der Waals surface area contributed by atoms with E-state index in [4.69, 9.17) is 32.3 Å². The molecule has 16 nitrogen and oxygen atoms in total. The van der Waals surface area contributed by atoms with Crippen LogP contribution in [0.3, 0.4) is 0 Å². The van der Waals surface area contributed by atoms with Crippen LogP contribution in [0.4, 0.5) is 0 Å². The molecule has 0 aliphatic heterocycles. The van der Waals surface area contributed by atoms with Gasteiger partial charge in [0.15, 0.2) is 6.10 Å². The standard InChI is InChI=1S/C91H148O16P2/c1-4-7-10-13-16-19-22-25-28-31-34-36-38-39-40-41-42-43-44-45-47-49-51-53-56-59-62-65-68-71-74-77-89(94)101-80-86(92)81-103-108(97,98)104-82-87(93)83-105-109(99,100)106-85-88(107-91(96)79-76-73-70-67-64-61-58-55-50-33-30-27-24-21-18-15-12-9-6-3)84-102-90(95)78-75-72-69-66-63-60-57-54-52-48-46-37-35-32-29-26-23-20-17-14-11-8-5-2/h7-12,16-21,25-30,34-37,39-40,48,50,52,55,57,60-61,64,86-88,92-93H,4-6,13-15,22-24,31-33,38,41-47,49,51,53-54,56,58-59,62-63,65-85H2,1-3H3,(H,97,98)(H,99,100)/b10-7-,11-8-,12-9-,19-16-,20-17-,21-18-,28-25-,29-26-,30-27-,36-34-,37-35-,40-39-,52-48-,55-50-,60-57-,64-61-. The molecular formula is C91H148O16P2. The van der Waals surface area contributed by atoms with Gasteiger partial charge in [-0.15, -0.1) is 0 Å². The Morgan fingerprint density at radius 2 is 0.459 bits per heavy atom. The van der Waals surface area contributed by atoms with Crippen molar-refractivity contribution in [2.45, 2.75) is 322 Å². The van der Waals surface area contributed by atoms with Gasteiger partial charge < -0.3 is 34.2 Å². The molecule has 0 heterocycles. The summed E-state index contributed by atoms with van der Waals surface area (Å²) in [4.78, 5) is 58.8. The number of aliphatic hydroxyl groups excluding tert-OH is 2. The molecule has 0 amide bonds. The van der Waals surface area contributed by atoms with E-state index in [1.54, 1.807) is 0 Å². The van der Waals surface area contributed by atoms with E-state index in [-0.39, 0.29) is 19.3 Å². The molecule has 5 atom stereocenters. The van der Waals surface area contributed by atoms with Gasteiger partial charge >= 0.3 is 33.6 Å². The molecule has 0 spiro atoms. The van der Waals surface area contributed by atoms with Crippen LogP contribution in [0.1, 0.15) is 303 Å². The summed E-state index contributed by atoms with van der Waals surface area (Å²) < 4.78 is 61.2. The fraction of sp³-hybridized carbons (Fsp3) is 0.615. The zero-order valence-electron chi connectivity index (χ0n) is 67.6. The lowest BCUT2D eigenvalue weighted by molar-refractivity contribution is -0.161. The maximum Gasteiger partial charge on any atom is 0.472 e. The summed E-state index contributed by atoms with van der Waals surface area (Å²) in [6, 6.07) is 0. The Hall–Kier alpha value is -5.61. The Morgan fingerprint density at radius 3 is 0.734 bits per heavy atom. The maximum absolute atomic E-state index is 13.0. The van der Waals surface area contributed by atoms with Gasteiger partial charge in [0.1, 0.15) is 25.4 Å². The van der Waals surface area contributed by atoms with E-state index in [9.17, 15) is 43.5 Å². The first-order valence-electron chi connectivity index (χ1n) is 41.7. The topological polar surface area (TPSA) is 231 Å². The maximum atomic E-state index is 13.0. The molecule has 618 valence electrons. The third-order valence-corrected chi connectivity index (χ3v) is 18.7. The second-order valence-electron chi connectivity index (χ2n) is 27.1. The van der Waals surface area contributed by atoms with E-state index in [1.165, 1.54) is 77.0 Å². The molecule has 109 heavy (non-hydrogen) atoms. The molecule has 0 rings (SSSR count). The normalized spacial score (nSPS) is 14.9. The highest BCUT2D eigenvalue weighted by Crippen LogP contribution is 2.45. The number of ether oxygens (including phenoxy) is 3. The lowest BCUT2D eigenvalue weighted by atomic mass is 10.0. The van der Waals surface area contributed by atoms with Crippen LogP contribution in [0.2, 0.25) is 0 Å². The zero-order valence-corrected chi connectivity index (χ0v) is 69.4. The monoisotopic (exact) mass is 1560 g/mol. The zero-order chi connectivity index (χ0) is 79.4.